The summed E-state index contributed by atoms with van der Waals surface area (Å²) in [6.45, 7) is 6.50. The molecule has 0 bridgehead atoms. The van der Waals surface area contributed by atoms with Crippen molar-refractivity contribution < 1.29 is 4.79 Å². The molecular weight excluding hydrogens is 336 g/mol. The van der Waals surface area contributed by atoms with Crippen molar-refractivity contribution in [1.82, 2.24) is 9.88 Å². The Morgan fingerprint density at radius 2 is 2.26 bits per heavy atom. The van der Waals surface area contributed by atoms with E-state index in [1.807, 2.05) is 0 Å². The van der Waals surface area contributed by atoms with Gasteiger partial charge in [-0.15, -0.1) is 0 Å². The van der Waals surface area contributed by atoms with Gasteiger partial charge in [0.05, 0.1) is 6.07 Å². The number of nitriles is 1. The van der Waals surface area contributed by atoms with Gasteiger partial charge in [-0.2, -0.15) is 5.26 Å². The van der Waals surface area contributed by atoms with Crippen molar-refractivity contribution in [3.63, 3.8) is 0 Å². The normalized spacial score (nSPS) is 25.9. The quantitative estimate of drug-likeness (QED) is 0.854. The van der Waals surface area contributed by atoms with Crippen molar-refractivity contribution in [1.29, 1.82) is 5.26 Å². The highest BCUT2D eigenvalue weighted by Crippen LogP contribution is 2.45. The number of hydrogen-bond acceptors (Lipinski definition) is 3. The van der Waals surface area contributed by atoms with Gasteiger partial charge in [0.1, 0.15) is 5.92 Å². The van der Waals surface area contributed by atoms with E-state index < -0.39 is 11.8 Å². The first-order valence-electron chi connectivity index (χ1n) is 9.99. The van der Waals surface area contributed by atoms with E-state index in [9.17, 15) is 10.1 Å². The molecule has 2 aromatic rings. The third-order valence-corrected chi connectivity index (χ3v) is 6.33. The van der Waals surface area contributed by atoms with Crippen molar-refractivity contribution in [2.75, 3.05) is 13.1 Å². The van der Waals surface area contributed by atoms with Crippen LogP contribution in [0.15, 0.2) is 24.4 Å². The molecule has 2 aliphatic rings. The Labute approximate surface area is 160 Å². The summed E-state index contributed by atoms with van der Waals surface area (Å²) in [6.07, 6.45) is 4.83. The number of nitrogens with one attached hydrogen (secondary N) is 1. The number of nitrogens with two attached hydrogens (primary N) is 1. The second-order valence-electron chi connectivity index (χ2n) is 8.73. The summed E-state index contributed by atoms with van der Waals surface area (Å²) < 4.78 is 0. The third kappa shape index (κ3) is 3.23. The predicted molar refractivity (Wildman–Crippen MR) is 106 cm³/mol. The van der Waals surface area contributed by atoms with Crippen LogP contribution in [0.2, 0.25) is 0 Å². The smallest absolute Gasteiger partial charge is 0.234 e. The van der Waals surface area contributed by atoms with Crippen LogP contribution in [0.1, 0.15) is 43.7 Å². The summed E-state index contributed by atoms with van der Waals surface area (Å²) in [5.41, 5.74) is 9.50. The van der Waals surface area contributed by atoms with Crippen molar-refractivity contribution in [2.45, 2.75) is 45.1 Å². The Morgan fingerprint density at radius 3 is 2.96 bits per heavy atom. The van der Waals surface area contributed by atoms with Gasteiger partial charge in [-0.1, -0.05) is 26.0 Å². The molecule has 27 heavy (non-hydrogen) atoms. The number of piperidine rings is 1. The monoisotopic (exact) mass is 364 g/mol. The summed E-state index contributed by atoms with van der Waals surface area (Å²) in [5.74, 6) is 0.165. The van der Waals surface area contributed by atoms with Crippen LogP contribution in [-0.4, -0.2) is 34.9 Å². The fourth-order valence-corrected chi connectivity index (χ4v) is 5.31. The van der Waals surface area contributed by atoms with E-state index in [0.29, 0.717) is 30.2 Å². The molecule has 1 amide bonds. The number of nitrogens with zero attached hydrogens (tertiary/aromatic N) is 2. The average Bonchev–Trinajstić information content (AvgIpc) is 3.04. The number of fused-ring (bicyclic) bond motifs is 2. The molecule has 1 aliphatic carbocycles. The maximum absolute atomic E-state index is 11.6. The summed E-state index contributed by atoms with van der Waals surface area (Å²) in [5, 5.41) is 10.7. The number of likely N-dealkylation sites (tertiary alicyclic amines) is 1. The minimum absolute atomic E-state index is 0.317. The van der Waals surface area contributed by atoms with Crippen LogP contribution < -0.4 is 5.73 Å². The number of amides is 1. The van der Waals surface area contributed by atoms with Crippen LogP contribution >= 0.6 is 0 Å². The van der Waals surface area contributed by atoms with Gasteiger partial charge in [-0.25, -0.2) is 0 Å². The second kappa shape index (κ2) is 7.01. The van der Waals surface area contributed by atoms with E-state index in [0.717, 1.165) is 25.9 Å². The molecule has 5 heteroatoms. The van der Waals surface area contributed by atoms with Gasteiger partial charge in [0.2, 0.25) is 5.91 Å². The van der Waals surface area contributed by atoms with Gasteiger partial charge in [-0.05, 0) is 48.3 Å². The zero-order chi connectivity index (χ0) is 19.1. The maximum atomic E-state index is 11.6. The Morgan fingerprint density at radius 1 is 1.44 bits per heavy atom. The molecule has 1 aromatic heterocycles. The lowest BCUT2D eigenvalue weighted by Gasteiger charge is -2.48. The number of carbonyl (C=O) groups is 1. The van der Waals surface area contributed by atoms with Crippen LogP contribution in [0.5, 0.6) is 0 Å². The van der Waals surface area contributed by atoms with Crippen molar-refractivity contribution in [3.8, 4) is 6.07 Å². The van der Waals surface area contributed by atoms with E-state index in [1.54, 1.807) is 0 Å². The molecule has 1 saturated heterocycles. The number of rotatable bonds is 5. The fraction of sp³-hybridized carbons (Fsp3) is 0.545. The van der Waals surface area contributed by atoms with E-state index in [4.69, 9.17) is 5.73 Å². The van der Waals surface area contributed by atoms with E-state index in [2.05, 4.69) is 54.2 Å². The minimum Gasteiger partial charge on any atom is -0.369 e. The number of aromatic nitrogens is 1. The molecule has 0 spiro atoms. The molecule has 0 saturated carbocycles. The number of carbonyl (C=O) groups excluding carboxylic acids is 1. The number of benzene rings is 1. The van der Waals surface area contributed by atoms with Gasteiger partial charge < -0.3 is 10.7 Å². The summed E-state index contributed by atoms with van der Waals surface area (Å²) in [4.78, 5) is 17.6. The van der Waals surface area contributed by atoms with Crippen molar-refractivity contribution in [3.05, 3.63) is 35.5 Å². The lowest BCUT2D eigenvalue weighted by atomic mass is 9.70. The standard InChI is InChI=1S/C22H28N4O/c1-13(2)11-26-12-14(6-15(9-23)22(24)27)7-18-17-4-3-5-19-21(17)16(10-25-19)8-20(18)26/h3-5,10,13-15,18,20,25H,6-8,11-12H2,1-2H3,(H2,24,27)/t14-,15?,18-,20-/m1/s1. The largest absolute Gasteiger partial charge is 0.369 e. The molecule has 0 radical (unpaired) electrons. The van der Waals surface area contributed by atoms with Gasteiger partial charge >= 0.3 is 0 Å². The SMILES string of the molecule is CC(C)CN1C[C@H](CC(C#N)C(N)=O)C[C@@H]2c3cccc4[nH]cc(c34)C[C@H]21. The fourth-order valence-electron chi connectivity index (χ4n) is 5.31. The molecule has 1 aromatic carbocycles. The van der Waals surface area contributed by atoms with Crippen LogP contribution in [-0.2, 0) is 11.2 Å². The van der Waals surface area contributed by atoms with Crippen LogP contribution in [0.3, 0.4) is 0 Å². The summed E-state index contributed by atoms with van der Waals surface area (Å²) in [6, 6.07) is 9.15. The number of hydrogen-bond donors (Lipinski definition) is 2. The predicted octanol–water partition coefficient (Wildman–Crippen LogP) is 3.17. The van der Waals surface area contributed by atoms with E-state index in [-0.39, 0.29) is 0 Å². The molecule has 4 rings (SSSR count). The minimum atomic E-state index is -0.686. The first-order valence-corrected chi connectivity index (χ1v) is 9.99. The lowest BCUT2D eigenvalue weighted by molar-refractivity contribution is -0.120. The number of primary amides is 1. The summed E-state index contributed by atoms with van der Waals surface area (Å²) >= 11 is 0. The molecule has 1 fully saturated rings. The van der Waals surface area contributed by atoms with Gasteiger partial charge in [0.25, 0.3) is 0 Å². The number of H-pyrrole nitrogens is 1. The highest BCUT2D eigenvalue weighted by molar-refractivity contribution is 5.88. The molecule has 5 nitrogen and oxygen atoms in total. The zero-order valence-corrected chi connectivity index (χ0v) is 16.1. The zero-order valence-electron chi connectivity index (χ0n) is 16.1. The van der Waals surface area contributed by atoms with Crippen molar-refractivity contribution >= 4 is 16.8 Å². The van der Waals surface area contributed by atoms with Gasteiger partial charge in [0.15, 0.2) is 0 Å². The van der Waals surface area contributed by atoms with E-state index >= 15 is 0 Å². The highest BCUT2D eigenvalue weighted by Gasteiger charge is 2.41. The molecule has 4 atom stereocenters. The highest BCUT2D eigenvalue weighted by atomic mass is 16.1. The van der Waals surface area contributed by atoms with Crippen LogP contribution in [0.4, 0.5) is 0 Å². The van der Waals surface area contributed by atoms with E-state index in [1.165, 1.54) is 22.0 Å². The molecule has 142 valence electrons. The lowest BCUT2D eigenvalue weighted by Crippen LogP contribution is -2.51. The maximum Gasteiger partial charge on any atom is 0.234 e. The van der Waals surface area contributed by atoms with Gasteiger partial charge in [0, 0.05) is 42.1 Å². The van der Waals surface area contributed by atoms with Gasteiger partial charge in [-0.3, -0.25) is 9.69 Å². The first kappa shape index (κ1) is 18.1. The molecule has 2 heterocycles. The summed E-state index contributed by atoms with van der Waals surface area (Å²) in [7, 11) is 0. The third-order valence-electron chi connectivity index (χ3n) is 6.33. The molecular formula is C22H28N4O. The topological polar surface area (TPSA) is 85.9 Å². The first-order chi connectivity index (χ1) is 13.0. The molecule has 1 unspecified atom stereocenters. The Balaban J connectivity index is 1.69. The second-order valence-corrected chi connectivity index (χ2v) is 8.73. The molecule has 3 N–H and O–H groups in total. The Hall–Kier alpha value is -2.32. The Kier molecular flexibility index (Phi) is 4.69. The number of aromatic amines is 1. The van der Waals surface area contributed by atoms with Crippen molar-refractivity contribution in [2.24, 2.45) is 23.5 Å². The van der Waals surface area contributed by atoms with Crippen LogP contribution in [0.25, 0.3) is 10.9 Å². The average molecular weight is 364 g/mol. The van der Waals surface area contributed by atoms with Crippen LogP contribution in [0, 0.1) is 29.1 Å². The molecule has 1 aliphatic heterocycles. The Bertz CT molecular complexity index is 893.